The van der Waals surface area contributed by atoms with Crippen LogP contribution in [0.15, 0.2) is 5.38 Å². The second-order valence-corrected chi connectivity index (χ2v) is 3.91. The normalized spacial score (nSPS) is 18.2. The number of anilines is 1. The van der Waals surface area contributed by atoms with E-state index in [1.54, 1.807) is 11.3 Å². The molecule has 2 heterocycles. The highest BCUT2D eigenvalue weighted by molar-refractivity contribution is 7.14. The molecule has 66 valence electrons. The van der Waals surface area contributed by atoms with Crippen LogP contribution in [0.2, 0.25) is 5.15 Å². The summed E-state index contributed by atoms with van der Waals surface area (Å²) in [6, 6.07) is 0. The molecule has 0 aliphatic carbocycles. The first kappa shape index (κ1) is 8.29. The van der Waals surface area contributed by atoms with Gasteiger partial charge >= 0.3 is 0 Å². The minimum Gasteiger partial charge on any atom is -0.346 e. The van der Waals surface area contributed by atoms with Crippen molar-refractivity contribution in [2.45, 2.75) is 0 Å². The highest BCUT2D eigenvalue weighted by atomic mass is 35.5. The van der Waals surface area contributed by atoms with Gasteiger partial charge in [-0.05, 0) is 0 Å². The lowest BCUT2D eigenvalue weighted by molar-refractivity contribution is 0.588. The summed E-state index contributed by atoms with van der Waals surface area (Å²) in [5.41, 5.74) is 0. The molecule has 1 aliphatic heterocycles. The van der Waals surface area contributed by atoms with E-state index in [-0.39, 0.29) is 0 Å². The molecule has 1 aromatic heterocycles. The molecule has 1 fully saturated rings. The Labute approximate surface area is 80.4 Å². The Balaban J connectivity index is 2.08. The molecule has 1 aromatic rings. The molecule has 0 bridgehead atoms. The zero-order valence-corrected chi connectivity index (χ0v) is 8.16. The third-order valence-corrected chi connectivity index (χ3v) is 3.08. The summed E-state index contributed by atoms with van der Waals surface area (Å²) in [5, 5.41) is 6.82. The lowest BCUT2D eigenvalue weighted by atomic mass is 10.4. The number of hydrogen-bond donors (Lipinski definition) is 1. The van der Waals surface area contributed by atoms with Crippen molar-refractivity contribution in [1.29, 1.82) is 0 Å². The van der Waals surface area contributed by atoms with E-state index in [2.05, 4.69) is 15.2 Å². The SMILES string of the molecule is Clc1csc(N2CCNCC2)n1. The van der Waals surface area contributed by atoms with Gasteiger partial charge in [0.05, 0.1) is 0 Å². The molecule has 1 N–H and O–H groups in total. The van der Waals surface area contributed by atoms with Crippen LogP contribution in [0.3, 0.4) is 0 Å². The van der Waals surface area contributed by atoms with E-state index in [1.165, 1.54) is 0 Å². The molecule has 2 rings (SSSR count). The molecule has 0 aromatic carbocycles. The summed E-state index contributed by atoms with van der Waals surface area (Å²) in [6.07, 6.45) is 0. The van der Waals surface area contributed by atoms with Crippen molar-refractivity contribution in [3.05, 3.63) is 10.5 Å². The lowest BCUT2D eigenvalue weighted by Gasteiger charge is -2.26. The Morgan fingerprint density at radius 1 is 1.50 bits per heavy atom. The first-order chi connectivity index (χ1) is 5.86. The first-order valence-electron chi connectivity index (χ1n) is 3.93. The lowest BCUT2D eigenvalue weighted by Crippen LogP contribution is -2.43. The van der Waals surface area contributed by atoms with Crippen LogP contribution in [-0.4, -0.2) is 31.2 Å². The van der Waals surface area contributed by atoms with Crippen LogP contribution >= 0.6 is 22.9 Å². The van der Waals surface area contributed by atoms with E-state index in [4.69, 9.17) is 11.6 Å². The largest absolute Gasteiger partial charge is 0.346 e. The molecule has 12 heavy (non-hydrogen) atoms. The van der Waals surface area contributed by atoms with Gasteiger partial charge in [-0.3, -0.25) is 0 Å². The number of piperazine rings is 1. The molecule has 0 saturated carbocycles. The first-order valence-corrected chi connectivity index (χ1v) is 5.19. The predicted octanol–water partition coefficient (Wildman–Crippen LogP) is 1.21. The quantitative estimate of drug-likeness (QED) is 0.744. The second kappa shape index (κ2) is 3.60. The number of hydrogen-bond acceptors (Lipinski definition) is 4. The monoisotopic (exact) mass is 203 g/mol. The predicted molar refractivity (Wildman–Crippen MR) is 52.2 cm³/mol. The summed E-state index contributed by atoms with van der Waals surface area (Å²) < 4.78 is 0. The van der Waals surface area contributed by atoms with Crippen molar-refractivity contribution in [2.75, 3.05) is 31.1 Å². The summed E-state index contributed by atoms with van der Waals surface area (Å²) in [5.74, 6) is 0. The topological polar surface area (TPSA) is 28.2 Å². The maximum atomic E-state index is 5.74. The molecule has 5 heteroatoms. The fourth-order valence-corrected chi connectivity index (χ4v) is 2.25. The summed E-state index contributed by atoms with van der Waals surface area (Å²) in [4.78, 5) is 6.47. The Morgan fingerprint density at radius 2 is 2.25 bits per heavy atom. The Morgan fingerprint density at radius 3 is 2.83 bits per heavy atom. The van der Waals surface area contributed by atoms with Gasteiger partial charge in [-0.1, -0.05) is 11.6 Å². The average molecular weight is 204 g/mol. The molecule has 0 spiro atoms. The molecule has 0 unspecified atom stereocenters. The van der Waals surface area contributed by atoms with Crippen molar-refractivity contribution < 1.29 is 0 Å². The number of rotatable bonds is 1. The third-order valence-electron chi connectivity index (χ3n) is 1.85. The smallest absolute Gasteiger partial charge is 0.186 e. The maximum absolute atomic E-state index is 5.74. The molecule has 0 atom stereocenters. The minimum absolute atomic E-state index is 0.605. The van der Waals surface area contributed by atoms with Crippen LogP contribution < -0.4 is 10.2 Å². The van der Waals surface area contributed by atoms with E-state index in [1.807, 2.05) is 5.38 Å². The summed E-state index contributed by atoms with van der Waals surface area (Å²) >= 11 is 7.35. The number of nitrogens with one attached hydrogen (secondary N) is 1. The van der Waals surface area contributed by atoms with Crippen LogP contribution in [0.25, 0.3) is 0 Å². The van der Waals surface area contributed by atoms with Gasteiger partial charge in [0, 0.05) is 31.6 Å². The van der Waals surface area contributed by atoms with Gasteiger partial charge in [-0.2, -0.15) is 0 Å². The fourth-order valence-electron chi connectivity index (χ4n) is 1.25. The molecular weight excluding hydrogens is 194 g/mol. The van der Waals surface area contributed by atoms with Gasteiger partial charge < -0.3 is 10.2 Å². The standard InChI is InChI=1S/C7H10ClN3S/c8-6-5-12-7(10-6)11-3-1-9-2-4-11/h5,9H,1-4H2. The van der Waals surface area contributed by atoms with Gasteiger partial charge in [0.25, 0.3) is 0 Å². The van der Waals surface area contributed by atoms with Gasteiger partial charge in [0.15, 0.2) is 5.13 Å². The van der Waals surface area contributed by atoms with Crippen molar-refractivity contribution in [3.8, 4) is 0 Å². The number of halogens is 1. The zero-order valence-electron chi connectivity index (χ0n) is 6.59. The number of thiazole rings is 1. The van der Waals surface area contributed by atoms with Crippen LogP contribution in [0.5, 0.6) is 0 Å². The highest BCUT2D eigenvalue weighted by Gasteiger charge is 2.12. The van der Waals surface area contributed by atoms with Gasteiger partial charge in [0.2, 0.25) is 0 Å². The van der Waals surface area contributed by atoms with Crippen molar-refractivity contribution in [2.24, 2.45) is 0 Å². The van der Waals surface area contributed by atoms with E-state index in [9.17, 15) is 0 Å². The van der Waals surface area contributed by atoms with Gasteiger partial charge in [-0.15, -0.1) is 11.3 Å². The van der Waals surface area contributed by atoms with Crippen LogP contribution in [-0.2, 0) is 0 Å². The molecule has 1 aliphatic rings. The average Bonchev–Trinajstić information content (AvgIpc) is 2.54. The molecule has 0 amide bonds. The zero-order chi connectivity index (χ0) is 8.39. The third kappa shape index (κ3) is 1.71. The van der Waals surface area contributed by atoms with E-state index < -0.39 is 0 Å². The minimum atomic E-state index is 0.605. The molecule has 1 saturated heterocycles. The van der Waals surface area contributed by atoms with E-state index in [0.717, 1.165) is 31.3 Å². The Hall–Kier alpha value is -0.320. The Kier molecular flexibility index (Phi) is 2.48. The van der Waals surface area contributed by atoms with E-state index in [0.29, 0.717) is 5.15 Å². The van der Waals surface area contributed by atoms with Crippen molar-refractivity contribution in [1.82, 2.24) is 10.3 Å². The highest BCUT2D eigenvalue weighted by Crippen LogP contribution is 2.23. The van der Waals surface area contributed by atoms with E-state index >= 15 is 0 Å². The van der Waals surface area contributed by atoms with Crippen LogP contribution in [0.1, 0.15) is 0 Å². The molecule has 0 radical (unpaired) electrons. The molecular formula is C7H10ClN3S. The van der Waals surface area contributed by atoms with Gasteiger partial charge in [-0.25, -0.2) is 4.98 Å². The number of nitrogens with zero attached hydrogens (tertiary/aromatic N) is 2. The second-order valence-electron chi connectivity index (χ2n) is 2.69. The number of aromatic nitrogens is 1. The Bertz CT molecular complexity index is 257. The van der Waals surface area contributed by atoms with Crippen molar-refractivity contribution in [3.63, 3.8) is 0 Å². The van der Waals surface area contributed by atoms with Crippen LogP contribution in [0.4, 0.5) is 5.13 Å². The molecule has 3 nitrogen and oxygen atoms in total. The van der Waals surface area contributed by atoms with Crippen molar-refractivity contribution >= 4 is 28.1 Å². The maximum Gasteiger partial charge on any atom is 0.186 e. The summed E-state index contributed by atoms with van der Waals surface area (Å²) in [6.45, 7) is 4.14. The van der Waals surface area contributed by atoms with Crippen LogP contribution in [0, 0.1) is 0 Å². The summed E-state index contributed by atoms with van der Waals surface area (Å²) in [7, 11) is 0. The fraction of sp³-hybridized carbons (Fsp3) is 0.571. The van der Waals surface area contributed by atoms with Gasteiger partial charge in [0.1, 0.15) is 5.15 Å².